The van der Waals surface area contributed by atoms with Crippen molar-refractivity contribution < 1.29 is 25.9 Å². The van der Waals surface area contributed by atoms with Gasteiger partial charge in [-0.1, -0.05) is 71.6 Å². The van der Waals surface area contributed by atoms with Crippen molar-refractivity contribution in [2.45, 2.75) is 43.6 Å². The molecule has 0 unspecified atom stereocenters. The van der Waals surface area contributed by atoms with E-state index >= 15 is 0 Å². The maximum absolute atomic E-state index is 14.0. The summed E-state index contributed by atoms with van der Waals surface area (Å²) in [5, 5.41) is 4.53. The largest absolute Gasteiger partial charge is 0 e. The average Bonchev–Trinajstić information content (AvgIpc) is 3.71. The molecule has 0 saturated carbocycles. The van der Waals surface area contributed by atoms with Crippen molar-refractivity contribution >= 4 is 71.0 Å². The van der Waals surface area contributed by atoms with Crippen LogP contribution >= 0.6 is 11.3 Å². The number of nitrogens with zero attached hydrogens (tertiary/aromatic N) is 3. The molecule has 271 valence electrons. The maximum atomic E-state index is 14.0. The molecule has 54 heavy (non-hydrogen) atoms. The number of halogens is 1. The first kappa shape index (κ1) is 36.5. The fourth-order valence-corrected chi connectivity index (χ4v) is 11.5. The SMILES string of the molecule is Fc1ccc2c(c1)sc1c(-c3nc4cc5ccccc5cc4n3Cc3ccccc3)[c-]ccc12.[2H]C(C)(C)c1cc(-c2[c-]cccc2)nc[c]1[Ge]([CH3])([CH3])[CH3].[Ir]. The van der Waals surface area contributed by atoms with Crippen molar-refractivity contribution in [3.8, 4) is 22.6 Å². The second-order valence-electron chi connectivity index (χ2n) is 14.7. The van der Waals surface area contributed by atoms with Crippen molar-refractivity contribution in [2.24, 2.45) is 0 Å². The van der Waals surface area contributed by atoms with Gasteiger partial charge in [-0.25, -0.2) is 4.39 Å². The summed E-state index contributed by atoms with van der Waals surface area (Å²) in [7, 11) is 0. The number of thiophene rings is 1. The van der Waals surface area contributed by atoms with Gasteiger partial charge in [-0.15, -0.1) is 18.2 Å². The third-order valence-electron chi connectivity index (χ3n) is 9.65. The van der Waals surface area contributed by atoms with Crippen LogP contribution in [0.1, 0.15) is 32.2 Å². The predicted octanol–water partition coefficient (Wildman–Crippen LogP) is 12.4. The molecule has 6 aromatic carbocycles. The molecule has 0 aliphatic carbocycles. The summed E-state index contributed by atoms with van der Waals surface area (Å²) in [6.07, 6.45) is 2.00. The topological polar surface area (TPSA) is 30.7 Å². The van der Waals surface area contributed by atoms with E-state index in [4.69, 9.17) is 6.35 Å². The van der Waals surface area contributed by atoms with Crippen LogP contribution in [0.2, 0.25) is 17.3 Å². The average molecular weight is 964 g/mol. The summed E-state index contributed by atoms with van der Waals surface area (Å²) in [6, 6.07) is 48.9. The van der Waals surface area contributed by atoms with Gasteiger partial charge in [0.25, 0.3) is 0 Å². The Morgan fingerprint density at radius 3 is 2.28 bits per heavy atom. The van der Waals surface area contributed by atoms with Crippen LogP contribution in [0, 0.1) is 17.9 Å². The van der Waals surface area contributed by atoms with E-state index in [9.17, 15) is 4.39 Å². The normalized spacial score (nSPS) is 12.1. The van der Waals surface area contributed by atoms with Gasteiger partial charge in [-0.05, 0) is 50.7 Å². The molecule has 0 fully saturated rings. The van der Waals surface area contributed by atoms with E-state index in [1.165, 1.54) is 26.8 Å². The molecular formula is C47H40FGeIrN3S-2. The molecule has 0 aliphatic heterocycles. The Morgan fingerprint density at radius 2 is 1.56 bits per heavy atom. The van der Waals surface area contributed by atoms with Gasteiger partial charge < -0.3 is 4.57 Å². The quantitative estimate of drug-likeness (QED) is 0.123. The van der Waals surface area contributed by atoms with Gasteiger partial charge >= 0.3 is 120 Å². The minimum atomic E-state index is -2.03. The number of pyridine rings is 1. The molecule has 0 spiro atoms. The first-order valence-electron chi connectivity index (χ1n) is 18.4. The molecule has 9 aromatic rings. The fourth-order valence-electron chi connectivity index (χ4n) is 6.98. The zero-order valence-electron chi connectivity index (χ0n) is 31.9. The number of aromatic nitrogens is 3. The van der Waals surface area contributed by atoms with Gasteiger partial charge in [0.1, 0.15) is 5.82 Å². The van der Waals surface area contributed by atoms with Crippen LogP contribution in [0.3, 0.4) is 0 Å². The summed E-state index contributed by atoms with van der Waals surface area (Å²) in [4.78, 5) is 9.75. The molecule has 3 aromatic heterocycles. The Bertz CT molecular complexity index is 2790. The van der Waals surface area contributed by atoms with Crippen LogP contribution in [-0.2, 0) is 26.7 Å². The van der Waals surface area contributed by atoms with Crippen LogP contribution in [0.4, 0.5) is 4.39 Å². The molecule has 0 bridgehead atoms. The Labute approximate surface area is 338 Å². The summed E-state index contributed by atoms with van der Waals surface area (Å²) < 4.78 is 28.0. The van der Waals surface area contributed by atoms with Gasteiger partial charge in [0.2, 0.25) is 0 Å². The summed E-state index contributed by atoms with van der Waals surface area (Å²) in [6.45, 7) is 4.62. The molecular weight excluding hydrogens is 922 g/mol. The van der Waals surface area contributed by atoms with Crippen LogP contribution < -0.4 is 4.40 Å². The van der Waals surface area contributed by atoms with E-state index in [-0.39, 0.29) is 25.9 Å². The van der Waals surface area contributed by atoms with Gasteiger partial charge in [-0.2, -0.15) is 11.3 Å². The standard InChI is InChI=1S/C30H18FN2S.C17H22GeN.Ir/c31-22-13-14-23-24-11-6-12-25(29(24)34-28(23)17-22)30-32-26-15-20-9-4-5-10-21(20)16-27(26)33(30)18-19-7-2-1-3-8-19;1-13(2)15-11-17(14-9-7-6-8-10-14)19-12-16(15)18(3,4)5;/h1-11,13-17H,18H2;6-9,11-13H,1-5H3;/q2*-1;/i;13D;. The van der Waals surface area contributed by atoms with E-state index in [0.717, 1.165) is 59.4 Å². The summed E-state index contributed by atoms with van der Waals surface area (Å²) in [5.41, 5.74) is 7.24. The Hall–Kier alpha value is -4.46. The number of imidazole rings is 1. The first-order chi connectivity index (χ1) is 25.9. The monoisotopic (exact) mass is 965 g/mol. The molecule has 0 N–H and O–H groups in total. The number of rotatable bonds is 6. The van der Waals surface area contributed by atoms with Gasteiger partial charge in [-0.3, -0.25) is 4.98 Å². The van der Waals surface area contributed by atoms with Crippen molar-refractivity contribution in [3.63, 3.8) is 0 Å². The molecule has 0 saturated heterocycles. The Morgan fingerprint density at radius 1 is 0.815 bits per heavy atom. The van der Waals surface area contributed by atoms with Crippen molar-refractivity contribution in [1.82, 2.24) is 14.5 Å². The molecule has 1 radical (unpaired) electrons. The minimum absolute atomic E-state index is 0. The third kappa shape index (κ3) is 7.58. The van der Waals surface area contributed by atoms with Crippen LogP contribution in [-0.4, -0.2) is 27.8 Å². The van der Waals surface area contributed by atoms with Crippen LogP contribution in [0.15, 0.2) is 134 Å². The maximum Gasteiger partial charge on any atom is 0 e. The molecule has 7 heteroatoms. The van der Waals surface area contributed by atoms with Crippen molar-refractivity contribution in [1.29, 1.82) is 0 Å². The molecule has 3 nitrogen and oxygen atoms in total. The van der Waals surface area contributed by atoms with Crippen LogP contribution in [0.5, 0.6) is 0 Å². The number of benzene rings is 6. The zero-order valence-corrected chi connectivity index (χ0v) is 36.2. The van der Waals surface area contributed by atoms with Crippen molar-refractivity contribution in [2.75, 3.05) is 0 Å². The van der Waals surface area contributed by atoms with E-state index in [1.807, 2.05) is 62.5 Å². The van der Waals surface area contributed by atoms with E-state index in [1.54, 1.807) is 17.4 Å². The van der Waals surface area contributed by atoms with Gasteiger partial charge in [0.05, 0.1) is 16.9 Å². The zero-order chi connectivity index (χ0) is 37.6. The minimum Gasteiger partial charge on any atom is 0 e. The Kier molecular flexibility index (Phi) is 10.6. The van der Waals surface area contributed by atoms with E-state index in [2.05, 4.69) is 112 Å². The smallest absolute Gasteiger partial charge is 0 e. The third-order valence-corrected chi connectivity index (χ3v) is 15.1. The molecule has 0 atom stereocenters. The van der Waals surface area contributed by atoms with Gasteiger partial charge in [0.15, 0.2) is 0 Å². The second kappa shape index (κ2) is 15.7. The Balaban J connectivity index is 0.000000191. The number of hydrogen-bond donors (Lipinski definition) is 0. The van der Waals surface area contributed by atoms with Gasteiger partial charge in [0, 0.05) is 31.4 Å². The molecule has 9 rings (SSSR count). The fraction of sp³-hybridized carbons (Fsp3) is 0.149. The van der Waals surface area contributed by atoms with Crippen LogP contribution in [0.25, 0.3) is 64.6 Å². The number of fused-ring (bicyclic) bond motifs is 5. The van der Waals surface area contributed by atoms with E-state index < -0.39 is 19.2 Å². The molecule has 3 heterocycles. The van der Waals surface area contributed by atoms with E-state index in [0.29, 0.717) is 6.54 Å². The predicted molar refractivity (Wildman–Crippen MR) is 225 cm³/mol. The number of hydrogen-bond acceptors (Lipinski definition) is 3. The summed E-state index contributed by atoms with van der Waals surface area (Å²) >= 11 is -0.425. The summed E-state index contributed by atoms with van der Waals surface area (Å²) in [5.74, 6) is 7.11. The first-order valence-corrected chi connectivity index (χ1v) is 26.0. The molecule has 0 aliphatic rings. The second-order valence-corrected chi connectivity index (χ2v) is 26.3. The molecule has 0 amide bonds. The van der Waals surface area contributed by atoms with Crippen molar-refractivity contribution in [3.05, 3.63) is 163 Å².